The molecule has 2 saturated heterocycles. The van der Waals surface area contributed by atoms with Gasteiger partial charge in [0.2, 0.25) is 0 Å². The number of carbonyl (C=O) groups is 1. The number of anilines is 1. The Hall–Kier alpha value is -2.69. The summed E-state index contributed by atoms with van der Waals surface area (Å²) in [5.74, 6) is 1.57. The molecule has 2 fully saturated rings. The van der Waals surface area contributed by atoms with Gasteiger partial charge in [-0.2, -0.15) is 0 Å². The fraction of sp³-hybridized carbons (Fsp3) is 0.480. The fourth-order valence-corrected chi connectivity index (χ4v) is 4.63. The second-order valence-corrected chi connectivity index (χ2v) is 8.53. The molecular formula is C25H33N3O2. The van der Waals surface area contributed by atoms with Gasteiger partial charge < -0.3 is 19.9 Å². The molecule has 4 rings (SSSR count). The molecule has 5 nitrogen and oxygen atoms in total. The van der Waals surface area contributed by atoms with Crippen LogP contribution in [-0.4, -0.2) is 50.3 Å². The normalized spacial score (nSPS) is 18.3. The van der Waals surface area contributed by atoms with Gasteiger partial charge in [-0.15, -0.1) is 0 Å². The van der Waals surface area contributed by atoms with Gasteiger partial charge in [-0.1, -0.05) is 30.3 Å². The predicted molar refractivity (Wildman–Crippen MR) is 121 cm³/mol. The van der Waals surface area contributed by atoms with E-state index in [0.29, 0.717) is 5.92 Å². The smallest absolute Gasteiger partial charge is 0.317 e. The van der Waals surface area contributed by atoms with Gasteiger partial charge >= 0.3 is 6.03 Å². The summed E-state index contributed by atoms with van der Waals surface area (Å²) in [4.78, 5) is 17.1. The highest BCUT2D eigenvalue weighted by Gasteiger charge is 2.26. The zero-order valence-electron chi connectivity index (χ0n) is 17.9. The number of benzene rings is 2. The number of piperidine rings is 2. The second kappa shape index (κ2) is 9.88. The van der Waals surface area contributed by atoms with Crippen molar-refractivity contribution in [3.8, 4) is 5.75 Å². The summed E-state index contributed by atoms with van der Waals surface area (Å²) in [6.45, 7) is 3.68. The highest BCUT2D eigenvalue weighted by Crippen LogP contribution is 2.24. The quantitative estimate of drug-likeness (QED) is 0.802. The third-order valence-corrected chi connectivity index (χ3v) is 6.53. The highest BCUT2D eigenvalue weighted by molar-refractivity contribution is 5.74. The van der Waals surface area contributed by atoms with Crippen LogP contribution in [0.2, 0.25) is 0 Å². The third kappa shape index (κ3) is 5.26. The number of hydrogen-bond donors (Lipinski definition) is 1. The Morgan fingerprint density at radius 3 is 2.23 bits per heavy atom. The maximum absolute atomic E-state index is 12.7. The summed E-state index contributed by atoms with van der Waals surface area (Å²) in [5.41, 5.74) is 2.63. The topological polar surface area (TPSA) is 44.8 Å². The van der Waals surface area contributed by atoms with Gasteiger partial charge in [0.1, 0.15) is 5.75 Å². The maximum Gasteiger partial charge on any atom is 0.317 e. The summed E-state index contributed by atoms with van der Waals surface area (Å²) < 4.78 is 5.24. The third-order valence-electron chi connectivity index (χ3n) is 6.53. The van der Waals surface area contributed by atoms with Crippen LogP contribution in [0.5, 0.6) is 5.75 Å². The van der Waals surface area contributed by atoms with Crippen LogP contribution in [0.25, 0.3) is 0 Å². The maximum atomic E-state index is 12.7. The minimum Gasteiger partial charge on any atom is -0.497 e. The predicted octanol–water partition coefficient (Wildman–Crippen LogP) is 4.33. The Bertz CT molecular complexity index is 793. The van der Waals surface area contributed by atoms with Gasteiger partial charge in [0.05, 0.1) is 7.11 Å². The highest BCUT2D eigenvalue weighted by atomic mass is 16.5. The Morgan fingerprint density at radius 1 is 0.933 bits per heavy atom. The number of urea groups is 1. The van der Waals surface area contributed by atoms with Crippen molar-refractivity contribution in [1.29, 1.82) is 0 Å². The SMILES string of the molecule is COc1ccc(N2CCC(NC(=O)N3CCC(Cc4ccccc4)CC3)CC2)cc1. The number of nitrogens with zero attached hydrogens (tertiary/aromatic N) is 2. The van der Waals surface area contributed by atoms with E-state index in [-0.39, 0.29) is 12.1 Å². The van der Waals surface area contributed by atoms with Crippen LogP contribution in [0.1, 0.15) is 31.2 Å². The Labute approximate surface area is 180 Å². The van der Waals surface area contributed by atoms with E-state index in [0.717, 1.165) is 64.0 Å². The first-order valence-corrected chi connectivity index (χ1v) is 11.2. The van der Waals surface area contributed by atoms with E-state index in [2.05, 4.69) is 52.7 Å². The van der Waals surface area contributed by atoms with Gasteiger partial charge in [-0.25, -0.2) is 4.79 Å². The molecule has 2 aromatic rings. The monoisotopic (exact) mass is 407 g/mol. The lowest BCUT2D eigenvalue weighted by Gasteiger charge is -2.36. The average Bonchev–Trinajstić information content (AvgIpc) is 2.81. The van der Waals surface area contributed by atoms with Crippen LogP contribution in [0.4, 0.5) is 10.5 Å². The molecule has 0 aromatic heterocycles. The first-order chi connectivity index (χ1) is 14.7. The summed E-state index contributed by atoms with van der Waals surface area (Å²) in [5, 5.41) is 3.28. The molecular weight excluding hydrogens is 374 g/mol. The molecule has 0 bridgehead atoms. The average molecular weight is 408 g/mol. The van der Waals surface area contributed by atoms with Crippen molar-refractivity contribution in [2.45, 2.75) is 38.1 Å². The van der Waals surface area contributed by atoms with Gasteiger partial charge in [0.15, 0.2) is 0 Å². The van der Waals surface area contributed by atoms with E-state index in [4.69, 9.17) is 4.74 Å². The van der Waals surface area contributed by atoms with Crippen molar-refractivity contribution in [3.63, 3.8) is 0 Å². The number of hydrogen-bond acceptors (Lipinski definition) is 3. The lowest BCUT2D eigenvalue weighted by Crippen LogP contribution is -2.51. The molecule has 2 amide bonds. The molecule has 2 aliphatic heterocycles. The Kier molecular flexibility index (Phi) is 6.77. The van der Waals surface area contributed by atoms with E-state index >= 15 is 0 Å². The molecule has 30 heavy (non-hydrogen) atoms. The molecule has 0 aliphatic carbocycles. The van der Waals surface area contributed by atoms with E-state index < -0.39 is 0 Å². The van der Waals surface area contributed by atoms with Crippen molar-refractivity contribution in [3.05, 3.63) is 60.2 Å². The minimum absolute atomic E-state index is 0.121. The van der Waals surface area contributed by atoms with Crippen LogP contribution in [-0.2, 0) is 6.42 Å². The van der Waals surface area contributed by atoms with E-state index in [1.54, 1.807) is 7.11 Å². The second-order valence-electron chi connectivity index (χ2n) is 8.53. The van der Waals surface area contributed by atoms with Gasteiger partial charge in [-0.3, -0.25) is 0 Å². The molecule has 0 atom stereocenters. The minimum atomic E-state index is 0.121. The number of ether oxygens (including phenoxy) is 1. The first-order valence-electron chi connectivity index (χ1n) is 11.2. The first kappa shape index (κ1) is 20.6. The number of rotatable bonds is 5. The van der Waals surface area contributed by atoms with Crippen molar-refractivity contribution >= 4 is 11.7 Å². The van der Waals surface area contributed by atoms with Crippen molar-refractivity contribution in [2.24, 2.45) is 5.92 Å². The standard InChI is InChI=1S/C25H33N3O2/c1-30-24-9-7-23(8-10-24)27-17-13-22(14-18-27)26-25(29)28-15-11-21(12-16-28)19-20-5-3-2-4-6-20/h2-10,21-22H,11-19H2,1H3,(H,26,29). The Morgan fingerprint density at radius 2 is 1.60 bits per heavy atom. The number of likely N-dealkylation sites (tertiary alicyclic amines) is 1. The van der Waals surface area contributed by atoms with Crippen LogP contribution in [0.15, 0.2) is 54.6 Å². The zero-order valence-corrected chi connectivity index (χ0v) is 17.9. The van der Waals surface area contributed by atoms with E-state index in [9.17, 15) is 4.79 Å². The van der Waals surface area contributed by atoms with Gasteiger partial charge in [0, 0.05) is 37.9 Å². The van der Waals surface area contributed by atoms with Gasteiger partial charge in [0.25, 0.3) is 0 Å². The fourth-order valence-electron chi connectivity index (χ4n) is 4.63. The van der Waals surface area contributed by atoms with Crippen molar-refractivity contribution < 1.29 is 9.53 Å². The van der Waals surface area contributed by atoms with Crippen LogP contribution in [0.3, 0.4) is 0 Å². The molecule has 0 spiro atoms. The number of carbonyl (C=O) groups excluding carboxylic acids is 1. The zero-order chi connectivity index (χ0) is 20.8. The number of methoxy groups -OCH3 is 1. The molecule has 1 N–H and O–H groups in total. The molecule has 2 heterocycles. The molecule has 0 unspecified atom stereocenters. The van der Waals surface area contributed by atoms with Gasteiger partial charge in [-0.05, 0) is 67.9 Å². The molecule has 2 aliphatic rings. The van der Waals surface area contributed by atoms with Crippen molar-refractivity contribution in [2.75, 3.05) is 38.2 Å². The summed E-state index contributed by atoms with van der Waals surface area (Å²) in [6, 6.07) is 19.3. The van der Waals surface area contributed by atoms with Crippen LogP contribution < -0.4 is 15.0 Å². The molecule has 5 heteroatoms. The lowest BCUT2D eigenvalue weighted by atomic mass is 9.90. The lowest BCUT2D eigenvalue weighted by molar-refractivity contribution is 0.165. The largest absolute Gasteiger partial charge is 0.497 e. The van der Waals surface area contributed by atoms with Crippen LogP contribution >= 0.6 is 0 Å². The number of nitrogens with one attached hydrogen (secondary N) is 1. The summed E-state index contributed by atoms with van der Waals surface area (Å²) in [6.07, 6.45) is 5.29. The molecule has 160 valence electrons. The molecule has 0 radical (unpaired) electrons. The van der Waals surface area contributed by atoms with E-state index in [1.165, 1.54) is 11.3 Å². The summed E-state index contributed by atoms with van der Waals surface area (Å²) in [7, 11) is 1.69. The molecule has 0 saturated carbocycles. The Balaban J connectivity index is 1.19. The summed E-state index contributed by atoms with van der Waals surface area (Å²) >= 11 is 0. The number of amides is 2. The van der Waals surface area contributed by atoms with Crippen molar-refractivity contribution in [1.82, 2.24) is 10.2 Å². The molecule has 2 aromatic carbocycles. The van der Waals surface area contributed by atoms with E-state index in [1.807, 2.05) is 17.0 Å². The van der Waals surface area contributed by atoms with Crippen LogP contribution in [0, 0.1) is 5.92 Å².